The van der Waals surface area contributed by atoms with Crippen LogP contribution in [0.15, 0.2) is 41.0 Å². The summed E-state index contributed by atoms with van der Waals surface area (Å²) in [4.78, 5) is 28.8. The molecule has 142 valence electrons. The number of fused-ring (bicyclic) bond motifs is 1. The van der Waals surface area contributed by atoms with Crippen molar-refractivity contribution >= 4 is 11.8 Å². The van der Waals surface area contributed by atoms with Gasteiger partial charge in [-0.05, 0) is 42.3 Å². The van der Waals surface area contributed by atoms with Crippen molar-refractivity contribution in [3.63, 3.8) is 0 Å². The fraction of sp³-hybridized carbons (Fsp3) is 0.400. The number of ether oxygens (including phenoxy) is 2. The van der Waals surface area contributed by atoms with Crippen molar-refractivity contribution in [1.29, 1.82) is 0 Å². The van der Waals surface area contributed by atoms with E-state index in [1.165, 1.54) is 6.26 Å². The maximum atomic E-state index is 12.9. The highest BCUT2D eigenvalue weighted by atomic mass is 16.5. The fourth-order valence-electron chi connectivity index (χ4n) is 3.60. The zero-order valence-corrected chi connectivity index (χ0v) is 15.2. The Labute approximate surface area is 157 Å². The number of carbonyl (C=O) groups is 2. The van der Waals surface area contributed by atoms with Crippen LogP contribution in [-0.4, -0.2) is 61.5 Å². The van der Waals surface area contributed by atoms with Gasteiger partial charge in [0.2, 0.25) is 5.91 Å². The van der Waals surface area contributed by atoms with Crippen LogP contribution in [0.3, 0.4) is 0 Å². The minimum absolute atomic E-state index is 0.0774. The van der Waals surface area contributed by atoms with Gasteiger partial charge in [-0.25, -0.2) is 0 Å². The van der Waals surface area contributed by atoms with Gasteiger partial charge in [0.25, 0.3) is 5.91 Å². The molecule has 1 aromatic heterocycles. The fourth-order valence-corrected chi connectivity index (χ4v) is 3.60. The quantitative estimate of drug-likeness (QED) is 0.824. The van der Waals surface area contributed by atoms with Crippen LogP contribution in [0.1, 0.15) is 16.1 Å². The Kier molecular flexibility index (Phi) is 4.75. The van der Waals surface area contributed by atoms with Gasteiger partial charge in [0.05, 0.1) is 19.3 Å². The smallest absolute Gasteiger partial charge is 0.289 e. The minimum Gasteiger partial charge on any atom is -0.497 e. The van der Waals surface area contributed by atoms with Gasteiger partial charge >= 0.3 is 0 Å². The molecule has 2 amide bonds. The van der Waals surface area contributed by atoms with E-state index in [0.29, 0.717) is 45.0 Å². The largest absolute Gasteiger partial charge is 0.497 e. The Bertz CT molecular complexity index is 825. The molecule has 0 aliphatic carbocycles. The zero-order valence-electron chi connectivity index (χ0n) is 15.2. The normalized spacial score (nSPS) is 19.2. The zero-order chi connectivity index (χ0) is 18.8. The van der Waals surface area contributed by atoms with Gasteiger partial charge in [0.1, 0.15) is 18.1 Å². The first-order valence-corrected chi connectivity index (χ1v) is 9.07. The Morgan fingerprint density at radius 3 is 2.59 bits per heavy atom. The number of piperazine rings is 1. The number of hydrogen-bond donors (Lipinski definition) is 0. The second-order valence-electron chi connectivity index (χ2n) is 6.78. The molecule has 4 rings (SSSR count). The van der Waals surface area contributed by atoms with Crippen LogP contribution in [0.5, 0.6) is 11.5 Å². The maximum absolute atomic E-state index is 12.9. The first-order valence-electron chi connectivity index (χ1n) is 9.07. The third-order valence-electron chi connectivity index (χ3n) is 5.13. The highest BCUT2D eigenvalue weighted by molar-refractivity contribution is 5.91. The summed E-state index contributed by atoms with van der Waals surface area (Å²) in [5.41, 5.74) is 0.991. The van der Waals surface area contributed by atoms with Crippen LogP contribution in [-0.2, 0) is 11.2 Å². The first kappa shape index (κ1) is 17.5. The second-order valence-corrected chi connectivity index (χ2v) is 6.78. The highest BCUT2D eigenvalue weighted by Crippen LogP contribution is 2.31. The number of benzene rings is 1. The molecule has 0 radical (unpaired) electrons. The third-order valence-corrected chi connectivity index (χ3v) is 5.13. The molecule has 2 aliphatic rings. The topological polar surface area (TPSA) is 72.2 Å². The second kappa shape index (κ2) is 7.34. The van der Waals surface area contributed by atoms with Gasteiger partial charge in [-0.1, -0.05) is 0 Å². The average Bonchev–Trinajstić information content (AvgIpc) is 3.27. The number of rotatable bonds is 3. The summed E-state index contributed by atoms with van der Waals surface area (Å²) in [6.45, 7) is 2.43. The van der Waals surface area contributed by atoms with Crippen molar-refractivity contribution in [3.8, 4) is 11.5 Å². The highest BCUT2D eigenvalue weighted by Gasteiger charge is 2.32. The van der Waals surface area contributed by atoms with E-state index in [1.807, 2.05) is 23.1 Å². The van der Waals surface area contributed by atoms with Crippen molar-refractivity contribution in [3.05, 3.63) is 47.9 Å². The van der Waals surface area contributed by atoms with Gasteiger partial charge < -0.3 is 23.7 Å². The number of hydrogen-bond acceptors (Lipinski definition) is 5. The summed E-state index contributed by atoms with van der Waals surface area (Å²) in [6.07, 6.45) is 2.12. The summed E-state index contributed by atoms with van der Waals surface area (Å²) in [5.74, 6) is 1.64. The summed E-state index contributed by atoms with van der Waals surface area (Å²) >= 11 is 0. The Morgan fingerprint density at radius 2 is 1.89 bits per heavy atom. The molecule has 1 fully saturated rings. The van der Waals surface area contributed by atoms with E-state index < -0.39 is 0 Å². The van der Waals surface area contributed by atoms with Gasteiger partial charge in [-0.3, -0.25) is 9.59 Å². The predicted molar refractivity (Wildman–Crippen MR) is 96.9 cm³/mol. The Balaban J connectivity index is 1.36. The standard InChI is InChI=1S/C20H22N2O5/c1-25-16-4-5-17-14(12-16)11-15(13-27-17)19(23)21-6-8-22(9-7-21)20(24)18-3-2-10-26-18/h2-5,10,12,15H,6-9,11,13H2,1H3/t15-/m0/s1. The summed E-state index contributed by atoms with van der Waals surface area (Å²) in [7, 11) is 1.62. The minimum atomic E-state index is -0.211. The first-order chi connectivity index (χ1) is 13.2. The molecule has 1 aromatic carbocycles. The number of methoxy groups -OCH3 is 1. The Hall–Kier alpha value is -2.96. The van der Waals surface area contributed by atoms with Crippen LogP contribution >= 0.6 is 0 Å². The number of amides is 2. The lowest BCUT2D eigenvalue weighted by atomic mass is 9.95. The van der Waals surface area contributed by atoms with Gasteiger partial charge in [0, 0.05) is 26.2 Å². The molecule has 0 saturated carbocycles. The van der Waals surface area contributed by atoms with E-state index in [4.69, 9.17) is 13.9 Å². The van der Waals surface area contributed by atoms with Gasteiger partial charge in [-0.2, -0.15) is 0 Å². The molecule has 3 heterocycles. The molecule has 1 saturated heterocycles. The molecule has 0 bridgehead atoms. The van der Waals surface area contributed by atoms with Crippen molar-refractivity contribution in [2.24, 2.45) is 5.92 Å². The van der Waals surface area contributed by atoms with Crippen LogP contribution in [0.25, 0.3) is 0 Å². The molecular formula is C20H22N2O5. The summed E-state index contributed by atoms with van der Waals surface area (Å²) in [6, 6.07) is 9.02. The number of nitrogens with zero attached hydrogens (tertiary/aromatic N) is 2. The molecule has 7 heteroatoms. The molecule has 1 atom stereocenters. The van der Waals surface area contributed by atoms with Crippen LogP contribution in [0.2, 0.25) is 0 Å². The van der Waals surface area contributed by atoms with E-state index in [-0.39, 0.29) is 17.7 Å². The third kappa shape index (κ3) is 3.49. The summed E-state index contributed by atoms with van der Waals surface area (Å²) in [5, 5.41) is 0. The SMILES string of the molecule is COc1ccc2c(c1)C[C@H](C(=O)N1CCN(C(=O)c3ccco3)CC1)CO2. The van der Waals surface area contributed by atoms with Gasteiger partial charge in [0.15, 0.2) is 5.76 Å². The van der Waals surface area contributed by atoms with E-state index in [1.54, 1.807) is 24.1 Å². The lowest BCUT2D eigenvalue weighted by Crippen LogP contribution is -2.53. The molecule has 27 heavy (non-hydrogen) atoms. The molecule has 2 aromatic rings. The molecule has 0 spiro atoms. The van der Waals surface area contributed by atoms with Crippen molar-refractivity contribution in [2.45, 2.75) is 6.42 Å². The molecular weight excluding hydrogens is 348 g/mol. The van der Waals surface area contributed by atoms with Crippen molar-refractivity contribution < 1.29 is 23.5 Å². The summed E-state index contributed by atoms with van der Waals surface area (Å²) < 4.78 is 16.2. The molecule has 0 N–H and O–H groups in total. The van der Waals surface area contributed by atoms with Crippen molar-refractivity contribution in [2.75, 3.05) is 39.9 Å². The van der Waals surface area contributed by atoms with E-state index in [2.05, 4.69) is 0 Å². The van der Waals surface area contributed by atoms with Crippen LogP contribution in [0.4, 0.5) is 0 Å². The number of furan rings is 1. The average molecular weight is 370 g/mol. The van der Waals surface area contributed by atoms with Crippen molar-refractivity contribution in [1.82, 2.24) is 9.80 Å². The molecule has 0 unspecified atom stereocenters. The Morgan fingerprint density at radius 1 is 1.11 bits per heavy atom. The predicted octanol–water partition coefficient (Wildman–Crippen LogP) is 1.82. The lowest BCUT2D eigenvalue weighted by Gasteiger charge is -2.37. The monoisotopic (exact) mass is 370 g/mol. The lowest BCUT2D eigenvalue weighted by molar-refractivity contribution is -0.138. The van der Waals surface area contributed by atoms with E-state index in [9.17, 15) is 9.59 Å². The van der Waals surface area contributed by atoms with Crippen LogP contribution in [0, 0.1) is 5.92 Å². The molecule has 2 aliphatic heterocycles. The van der Waals surface area contributed by atoms with Crippen LogP contribution < -0.4 is 9.47 Å². The maximum Gasteiger partial charge on any atom is 0.289 e. The number of carbonyl (C=O) groups excluding carboxylic acids is 2. The molecule has 7 nitrogen and oxygen atoms in total. The van der Waals surface area contributed by atoms with Gasteiger partial charge in [-0.15, -0.1) is 0 Å². The van der Waals surface area contributed by atoms with E-state index in [0.717, 1.165) is 17.1 Å². The van der Waals surface area contributed by atoms with E-state index >= 15 is 0 Å².